The fraction of sp³-hybridized carbons (Fsp3) is 0.212. The van der Waals surface area contributed by atoms with E-state index in [9.17, 15) is 9.59 Å². The van der Waals surface area contributed by atoms with Crippen LogP contribution in [0.4, 0.5) is 21.9 Å². The normalized spacial score (nSPS) is 14.6. The minimum Gasteiger partial charge on any atom is -0.457 e. The van der Waals surface area contributed by atoms with Crippen LogP contribution < -0.4 is 20.3 Å². The maximum absolute atomic E-state index is 13.8. The van der Waals surface area contributed by atoms with Crippen LogP contribution in [-0.2, 0) is 4.79 Å². The fourth-order valence-electron chi connectivity index (χ4n) is 5.59. The monoisotopic (exact) mass is 532 g/mol. The Kier molecular flexibility index (Phi) is 6.86. The summed E-state index contributed by atoms with van der Waals surface area (Å²) in [5, 5.41) is 5.87. The second-order valence-corrected chi connectivity index (χ2v) is 10.3. The van der Waals surface area contributed by atoms with Crippen LogP contribution in [-0.4, -0.2) is 43.0 Å². The van der Waals surface area contributed by atoms with Gasteiger partial charge in [-0.1, -0.05) is 54.6 Å². The molecule has 202 valence electrons. The van der Waals surface area contributed by atoms with Crippen LogP contribution in [0.5, 0.6) is 11.5 Å². The molecule has 6 rings (SSSR count). The molecule has 3 amide bonds. The minimum atomic E-state index is -0.368. The highest BCUT2D eigenvalue weighted by Crippen LogP contribution is 2.44. The predicted octanol–water partition coefficient (Wildman–Crippen LogP) is 6.53. The van der Waals surface area contributed by atoms with Crippen molar-refractivity contribution in [2.45, 2.75) is 19.8 Å². The lowest BCUT2D eigenvalue weighted by Gasteiger charge is -2.38. The van der Waals surface area contributed by atoms with Crippen molar-refractivity contribution in [3.05, 3.63) is 113 Å². The third-order valence-electron chi connectivity index (χ3n) is 7.73. The molecule has 0 unspecified atom stereocenters. The highest BCUT2D eigenvalue weighted by molar-refractivity contribution is 6.00. The number of para-hydroxylation sites is 3. The standard InChI is InChI=1S/C33H32N4O3/c1-22-8-7-9-23(2)31(22)35-33(39)34-24-14-16-25(17-15-24)36-18-20-37(21-19-36)32(38)30-26-10-3-5-12-28(26)40-29-13-6-4-11-27(29)30/h3-17,30H,18-21H2,1-2H3,(H2,34,35,39). The van der Waals surface area contributed by atoms with E-state index in [1.807, 2.05) is 110 Å². The molecule has 0 aliphatic carbocycles. The molecule has 4 aromatic rings. The van der Waals surface area contributed by atoms with Gasteiger partial charge in [-0.05, 0) is 61.4 Å². The summed E-state index contributed by atoms with van der Waals surface area (Å²) in [5.74, 6) is 1.23. The number of benzene rings is 4. The van der Waals surface area contributed by atoms with Crippen molar-refractivity contribution < 1.29 is 14.3 Å². The van der Waals surface area contributed by atoms with Crippen LogP contribution in [0, 0.1) is 13.8 Å². The second-order valence-electron chi connectivity index (χ2n) is 10.3. The van der Waals surface area contributed by atoms with E-state index in [0.29, 0.717) is 13.1 Å². The van der Waals surface area contributed by atoms with Crippen molar-refractivity contribution in [1.82, 2.24) is 4.90 Å². The van der Waals surface area contributed by atoms with E-state index in [4.69, 9.17) is 4.74 Å². The average molecular weight is 533 g/mol. The minimum absolute atomic E-state index is 0.109. The Labute approximate surface area is 234 Å². The molecule has 0 aromatic heterocycles. The van der Waals surface area contributed by atoms with Gasteiger partial charge >= 0.3 is 6.03 Å². The van der Waals surface area contributed by atoms with Gasteiger partial charge in [0.2, 0.25) is 5.91 Å². The van der Waals surface area contributed by atoms with Gasteiger partial charge < -0.3 is 25.2 Å². The summed E-state index contributed by atoms with van der Waals surface area (Å²) in [7, 11) is 0. The second kappa shape index (κ2) is 10.8. The van der Waals surface area contributed by atoms with Gasteiger partial charge in [0.1, 0.15) is 11.5 Å². The molecule has 2 aliphatic rings. The number of ether oxygens (including phenoxy) is 1. The molecule has 1 fully saturated rings. The van der Waals surface area contributed by atoms with Crippen LogP contribution >= 0.6 is 0 Å². The van der Waals surface area contributed by atoms with E-state index >= 15 is 0 Å². The molecule has 7 heteroatoms. The number of carbonyl (C=O) groups is 2. The van der Waals surface area contributed by atoms with Crippen molar-refractivity contribution in [1.29, 1.82) is 0 Å². The molecule has 2 aliphatic heterocycles. The third-order valence-corrected chi connectivity index (χ3v) is 7.73. The molecule has 0 atom stereocenters. The first kappa shape index (κ1) is 25.5. The zero-order valence-electron chi connectivity index (χ0n) is 22.7. The number of hydrogen-bond donors (Lipinski definition) is 2. The van der Waals surface area contributed by atoms with E-state index in [1.54, 1.807) is 0 Å². The first-order chi connectivity index (χ1) is 19.5. The highest BCUT2D eigenvalue weighted by atomic mass is 16.5. The molecule has 0 radical (unpaired) electrons. The van der Waals surface area contributed by atoms with Crippen LogP contribution in [0.3, 0.4) is 0 Å². The summed E-state index contributed by atoms with van der Waals surface area (Å²) < 4.78 is 6.08. The lowest BCUT2D eigenvalue weighted by Crippen LogP contribution is -2.50. The molecule has 0 spiro atoms. The van der Waals surface area contributed by atoms with Gasteiger partial charge in [-0.2, -0.15) is 0 Å². The number of aryl methyl sites for hydroxylation is 2. The van der Waals surface area contributed by atoms with Crippen molar-refractivity contribution in [2.24, 2.45) is 0 Å². The maximum atomic E-state index is 13.8. The topological polar surface area (TPSA) is 73.9 Å². The van der Waals surface area contributed by atoms with E-state index in [-0.39, 0.29) is 17.9 Å². The number of amides is 3. The van der Waals surface area contributed by atoms with Crippen LogP contribution in [0.15, 0.2) is 91.0 Å². The molecule has 2 heterocycles. The molecule has 4 aromatic carbocycles. The Morgan fingerprint density at radius 1 is 0.700 bits per heavy atom. The molecule has 2 N–H and O–H groups in total. The molecule has 0 saturated carbocycles. The van der Waals surface area contributed by atoms with Gasteiger partial charge in [-0.15, -0.1) is 0 Å². The van der Waals surface area contributed by atoms with Crippen molar-refractivity contribution in [3.63, 3.8) is 0 Å². The van der Waals surface area contributed by atoms with Crippen molar-refractivity contribution in [3.8, 4) is 11.5 Å². The Hall–Kier alpha value is -4.78. The Morgan fingerprint density at radius 2 is 1.27 bits per heavy atom. The number of anilines is 3. The van der Waals surface area contributed by atoms with Gasteiger partial charge in [-0.25, -0.2) is 4.79 Å². The van der Waals surface area contributed by atoms with Gasteiger partial charge in [0.15, 0.2) is 0 Å². The third kappa shape index (κ3) is 4.98. The largest absolute Gasteiger partial charge is 0.457 e. The van der Waals surface area contributed by atoms with Gasteiger partial charge in [-0.3, -0.25) is 4.79 Å². The number of nitrogens with zero attached hydrogens (tertiary/aromatic N) is 2. The number of urea groups is 1. The highest BCUT2D eigenvalue weighted by Gasteiger charge is 2.36. The van der Waals surface area contributed by atoms with E-state index in [1.165, 1.54) is 0 Å². The molecule has 7 nitrogen and oxygen atoms in total. The maximum Gasteiger partial charge on any atom is 0.323 e. The van der Waals surface area contributed by atoms with Crippen LogP contribution in [0.1, 0.15) is 28.2 Å². The molecular weight excluding hydrogens is 500 g/mol. The van der Waals surface area contributed by atoms with E-state index in [0.717, 1.165) is 63.9 Å². The van der Waals surface area contributed by atoms with Crippen molar-refractivity contribution >= 4 is 29.0 Å². The first-order valence-electron chi connectivity index (χ1n) is 13.6. The van der Waals surface area contributed by atoms with E-state index in [2.05, 4.69) is 15.5 Å². The SMILES string of the molecule is Cc1cccc(C)c1NC(=O)Nc1ccc(N2CCN(C(=O)C3c4ccccc4Oc4ccccc43)CC2)cc1. The summed E-state index contributed by atoms with van der Waals surface area (Å²) in [6.07, 6.45) is 0. The zero-order chi connectivity index (χ0) is 27.6. The number of piperazine rings is 1. The molecule has 40 heavy (non-hydrogen) atoms. The summed E-state index contributed by atoms with van der Waals surface area (Å²) in [6.45, 7) is 6.70. The van der Waals surface area contributed by atoms with E-state index < -0.39 is 0 Å². The number of rotatable bonds is 4. The molecule has 1 saturated heterocycles. The van der Waals surface area contributed by atoms with Crippen LogP contribution in [0.2, 0.25) is 0 Å². The average Bonchev–Trinajstić information content (AvgIpc) is 2.98. The first-order valence-corrected chi connectivity index (χ1v) is 13.6. The summed E-state index contributed by atoms with van der Waals surface area (Å²) >= 11 is 0. The Morgan fingerprint density at radius 3 is 1.88 bits per heavy atom. The fourth-order valence-corrected chi connectivity index (χ4v) is 5.59. The quantitative estimate of drug-likeness (QED) is 0.313. The summed E-state index contributed by atoms with van der Waals surface area (Å²) in [5.41, 5.74) is 6.49. The number of fused-ring (bicyclic) bond motifs is 2. The number of hydrogen-bond acceptors (Lipinski definition) is 4. The van der Waals surface area contributed by atoms with Crippen LogP contribution in [0.25, 0.3) is 0 Å². The smallest absolute Gasteiger partial charge is 0.323 e. The zero-order valence-corrected chi connectivity index (χ0v) is 22.7. The molecule has 0 bridgehead atoms. The van der Waals surface area contributed by atoms with Crippen molar-refractivity contribution in [2.75, 3.05) is 41.7 Å². The lowest BCUT2D eigenvalue weighted by atomic mass is 9.86. The van der Waals surface area contributed by atoms with Gasteiger partial charge in [0.25, 0.3) is 0 Å². The summed E-state index contributed by atoms with van der Waals surface area (Å²) in [6, 6.07) is 29.1. The number of nitrogens with one attached hydrogen (secondary N) is 2. The predicted molar refractivity (Wildman–Crippen MR) is 159 cm³/mol. The van der Waals surface area contributed by atoms with Gasteiger partial charge in [0, 0.05) is 54.4 Å². The summed E-state index contributed by atoms with van der Waals surface area (Å²) in [4.78, 5) is 30.7. The Balaban J connectivity index is 1.09. The molecular formula is C33H32N4O3. The van der Waals surface area contributed by atoms with Gasteiger partial charge in [0.05, 0.1) is 5.92 Å². The lowest BCUT2D eigenvalue weighted by molar-refractivity contribution is -0.132. The Bertz CT molecular complexity index is 1490. The number of carbonyl (C=O) groups excluding carboxylic acids is 2.